The molecular weight excluding hydrogens is 264 g/mol. The average molecular weight is 284 g/mol. The Morgan fingerprint density at radius 1 is 1.00 bits per heavy atom. The fourth-order valence-electron chi connectivity index (χ4n) is 2.17. The van der Waals surface area contributed by atoms with Crippen molar-refractivity contribution in [3.8, 4) is 0 Å². The fraction of sp³-hybridized carbons (Fsp3) is 0.235. The van der Waals surface area contributed by atoms with Crippen LogP contribution in [0.4, 0.5) is 5.69 Å². The maximum Gasteiger partial charge on any atom is 0.335 e. The fourth-order valence-corrected chi connectivity index (χ4v) is 2.17. The highest BCUT2D eigenvalue weighted by molar-refractivity contribution is 5.87. The third kappa shape index (κ3) is 4.33. The summed E-state index contributed by atoms with van der Waals surface area (Å²) in [6.07, 6.45) is 0. The minimum absolute atomic E-state index is 0.320. The molecule has 0 aromatic heterocycles. The molecule has 21 heavy (non-hydrogen) atoms. The van der Waals surface area contributed by atoms with Crippen LogP contribution >= 0.6 is 0 Å². The number of carbonyl (C=O) groups is 1. The van der Waals surface area contributed by atoms with Gasteiger partial charge < -0.3 is 10.8 Å². The van der Waals surface area contributed by atoms with E-state index in [0.29, 0.717) is 5.56 Å². The zero-order valence-corrected chi connectivity index (χ0v) is 12.1. The van der Waals surface area contributed by atoms with E-state index in [1.165, 1.54) is 5.56 Å². The first-order chi connectivity index (χ1) is 10.1. The van der Waals surface area contributed by atoms with Crippen LogP contribution in [0.1, 0.15) is 28.4 Å². The van der Waals surface area contributed by atoms with Gasteiger partial charge in [-0.3, -0.25) is 4.90 Å². The lowest BCUT2D eigenvalue weighted by atomic mass is 10.1. The predicted octanol–water partition coefficient (Wildman–Crippen LogP) is 2.99. The summed E-state index contributed by atoms with van der Waals surface area (Å²) in [5.74, 6) is -0.893. The molecule has 0 amide bonds. The molecule has 0 fully saturated rings. The second-order valence-electron chi connectivity index (χ2n) is 5.05. The zero-order valence-electron chi connectivity index (χ0n) is 12.1. The molecule has 4 heteroatoms. The Balaban J connectivity index is 2.01. The normalized spacial score (nSPS) is 10.8. The number of nitrogen functional groups attached to an aromatic ring is 1. The van der Waals surface area contributed by atoms with E-state index in [2.05, 4.69) is 11.8 Å². The average Bonchev–Trinajstić information content (AvgIpc) is 2.49. The summed E-state index contributed by atoms with van der Waals surface area (Å²) in [4.78, 5) is 13.1. The van der Waals surface area contributed by atoms with E-state index in [1.807, 2.05) is 36.4 Å². The van der Waals surface area contributed by atoms with Crippen LogP contribution in [0.2, 0.25) is 0 Å². The van der Waals surface area contributed by atoms with Gasteiger partial charge in [0.15, 0.2) is 0 Å². The molecule has 0 radical (unpaired) electrons. The first-order valence-corrected chi connectivity index (χ1v) is 6.97. The number of aromatic carboxylic acids is 1. The monoisotopic (exact) mass is 284 g/mol. The van der Waals surface area contributed by atoms with Crippen LogP contribution in [0.25, 0.3) is 0 Å². The molecule has 0 aliphatic carbocycles. The van der Waals surface area contributed by atoms with Crippen molar-refractivity contribution in [2.75, 3.05) is 12.3 Å². The van der Waals surface area contributed by atoms with Crippen molar-refractivity contribution in [1.29, 1.82) is 0 Å². The number of nitrogens with zero attached hydrogens (tertiary/aromatic N) is 1. The highest BCUT2D eigenvalue weighted by Crippen LogP contribution is 2.12. The molecule has 0 saturated carbocycles. The van der Waals surface area contributed by atoms with Gasteiger partial charge in [0, 0.05) is 18.8 Å². The van der Waals surface area contributed by atoms with Gasteiger partial charge in [-0.1, -0.05) is 31.2 Å². The summed E-state index contributed by atoms with van der Waals surface area (Å²) in [5.41, 5.74) is 9.10. The van der Waals surface area contributed by atoms with Gasteiger partial charge >= 0.3 is 5.97 Å². The summed E-state index contributed by atoms with van der Waals surface area (Å²) in [5, 5.41) is 8.90. The van der Waals surface area contributed by atoms with Gasteiger partial charge in [0.1, 0.15) is 0 Å². The van der Waals surface area contributed by atoms with Gasteiger partial charge in [0.25, 0.3) is 0 Å². The van der Waals surface area contributed by atoms with E-state index in [0.717, 1.165) is 30.9 Å². The van der Waals surface area contributed by atoms with Crippen LogP contribution in [-0.2, 0) is 13.1 Å². The molecule has 0 aliphatic rings. The highest BCUT2D eigenvalue weighted by Gasteiger charge is 2.07. The minimum atomic E-state index is -0.893. The van der Waals surface area contributed by atoms with Crippen LogP contribution in [0, 0.1) is 0 Å². The van der Waals surface area contributed by atoms with E-state index < -0.39 is 5.97 Å². The Kier molecular flexibility index (Phi) is 4.95. The Bertz CT molecular complexity index is 591. The van der Waals surface area contributed by atoms with Crippen LogP contribution in [-0.4, -0.2) is 22.5 Å². The molecule has 0 saturated heterocycles. The van der Waals surface area contributed by atoms with Gasteiger partial charge in [0.2, 0.25) is 0 Å². The smallest absolute Gasteiger partial charge is 0.335 e. The lowest BCUT2D eigenvalue weighted by Gasteiger charge is -2.20. The highest BCUT2D eigenvalue weighted by atomic mass is 16.4. The number of rotatable bonds is 6. The number of anilines is 1. The van der Waals surface area contributed by atoms with Crippen molar-refractivity contribution in [3.05, 3.63) is 65.2 Å². The molecule has 2 aromatic carbocycles. The number of carboxylic acids is 1. The van der Waals surface area contributed by atoms with Crippen LogP contribution < -0.4 is 5.73 Å². The van der Waals surface area contributed by atoms with E-state index in [4.69, 9.17) is 10.8 Å². The van der Waals surface area contributed by atoms with Gasteiger partial charge in [-0.2, -0.15) is 0 Å². The summed E-state index contributed by atoms with van der Waals surface area (Å²) in [7, 11) is 0. The molecule has 4 nitrogen and oxygen atoms in total. The lowest BCUT2D eigenvalue weighted by Crippen LogP contribution is -2.22. The minimum Gasteiger partial charge on any atom is -0.478 e. The molecular formula is C17H20N2O2. The quantitative estimate of drug-likeness (QED) is 0.800. The van der Waals surface area contributed by atoms with E-state index in [1.54, 1.807) is 12.1 Å². The molecule has 0 bridgehead atoms. The molecule has 2 rings (SSSR count). The summed E-state index contributed by atoms with van der Waals surface area (Å²) in [6.45, 7) is 4.67. The van der Waals surface area contributed by atoms with Crippen molar-refractivity contribution in [2.45, 2.75) is 20.0 Å². The third-order valence-corrected chi connectivity index (χ3v) is 3.44. The molecule has 0 unspecified atom stereocenters. The molecule has 0 spiro atoms. The first kappa shape index (κ1) is 15.1. The number of carboxylic acid groups (broad SMARTS) is 1. The van der Waals surface area contributed by atoms with Gasteiger partial charge in [0.05, 0.1) is 5.56 Å². The maximum atomic E-state index is 10.8. The summed E-state index contributed by atoms with van der Waals surface area (Å²) >= 11 is 0. The van der Waals surface area contributed by atoms with E-state index in [-0.39, 0.29) is 0 Å². The number of benzene rings is 2. The van der Waals surface area contributed by atoms with Crippen molar-refractivity contribution in [3.63, 3.8) is 0 Å². The second kappa shape index (κ2) is 6.90. The molecule has 0 aliphatic heterocycles. The molecule has 110 valence electrons. The van der Waals surface area contributed by atoms with E-state index >= 15 is 0 Å². The topological polar surface area (TPSA) is 66.6 Å². The molecule has 0 atom stereocenters. The molecule has 0 heterocycles. The Hall–Kier alpha value is -2.33. The number of hydrogen-bond acceptors (Lipinski definition) is 3. The van der Waals surface area contributed by atoms with Crippen molar-refractivity contribution in [2.24, 2.45) is 0 Å². The third-order valence-electron chi connectivity index (χ3n) is 3.44. The van der Waals surface area contributed by atoms with Crippen LogP contribution in [0.3, 0.4) is 0 Å². The Morgan fingerprint density at radius 2 is 1.48 bits per heavy atom. The van der Waals surface area contributed by atoms with E-state index in [9.17, 15) is 4.79 Å². The number of hydrogen-bond donors (Lipinski definition) is 2. The van der Waals surface area contributed by atoms with Crippen molar-refractivity contribution in [1.82, 2.24) is 4.90 Å². The maximum absolute atomic E-state index is 10.8. The number of nitrogens with two attached hydrogens (primary N) is 1. The van der Waals surface area contributed by atoms with Crippen molar-refractivity contribution >= 4 is 11.7 Å². The second-order valence-corrected chi connectivity index (χ2v) is 5.05. The van der Waals surface area contributed by atoms with Gasteiger partial charge in [-0.05, 0) is 41.9 Å². The van der Waals surface area contributed by atoms with Gasteiger partial charge in [-0.25, -0.2) is 4.79 Å². The van der Waals surface area contributed by atoms with Crippen LogP contribution in [0.15, 0.2) is 48.5 Å². The standard InChI is InChI=1S/C17H20N2O2/c1-2-19(12-14-5-9-16(18)10-6-14)11-13-3-7-15(8-4-13)17(20)21/h3-10H,2,11-12,18H2,1H3,(H,20,21). The predicted molar refractivity (Wildman–Crippen MR) is 84.0 cm³/mol. The van der Waals surface area contributed by atoms with Crippen LogP contribution in [0.5, 0.6) is 0 Å². The largest absolute Gasteiger partial charge is 0.478 e. The summed E-state index contributed by atoms with van der Waals surface area (Å²) < 4.78 is 0. The Morgan fingerprint density at radius 3 is 1.90 bits per heavy atom. The first-order valence-electron chi connectivity index (χ1n) is 6.97. The summed E-state index contributed by atoms with van der Waals surface area (Å²) in [6, 6.07) is 14.9. The molecule has 3 N–H and O–H groups in total. The molecule has 2 aromatic rings. The van der Waals surface area contributed by atoms with Gasteiger partial charge in [-0.15, -0.1) is 0 Å². The lowest BCUT2D eigenvalue weighted by molar-refractivity contribution is 0.0697. The zero-order chi connectivity index (χ0) is 15.2. The SMILES string of the molecule is CCN(Cc1ccc(N)cc1)Cc1ccc(C(=O)O)cc1. The Labute approximate surface area is 124 Å². The van der Waals surface area contributed by atoms with Crippen molar-refractivity contribution < 1.29 is 9.90 Å².